The van der Waals surface area contributed by atoms with Gasteiger partial charge in [-0.15, -0.1) is 0 Å². The fourth-order valence-electron chi connectivity index (χ4n) is 3.09. The second-order valence-electron chi connectivity index (χ2n) is 6.06. The molecule has 0 spiro atoms. The van der Waals surface area contributed by atoms with Crippen LogP contribution in [0.15, 0.2) is 35.3 Å². The molecule has 3 N–H and O–H groups in total. The Labute approximate surface area is 154 Å². The molecular weight excluding hydrogens is 351 g/mol. The number of fused-ring (bicyclic) bond motifs is 1. The topological polar surface area (TPSA) is 96.2 Å². The van der Waals surface area contributed by atoms with Gasteiger partial charge in [0.15, 0.2) is 0 Å². The van der Waals surface area contributed by atoms with Gasteiger partial charge in [-0.25, -0.2) is 14.2 Å². The van der Waals surface area contributed by atoms with Gasteiger partial charge in [0.05, 0.1) is 11.2 Å². The van der Waals surface area contributed by atoms with E-state index >= 15 is 0 Å². The van der Waals surface area contributed by atoms with E-state index in [0.29, 0.717) is 29.1 Å². The fraction of sp³-hybridized carbons (Fsp3) is 0.211. The number of aromatic nitrogens is 2. The van der Waals surface area contributed by atoms with Gasteiger partial charge in [-0.05, 0) is 43.2 Å². The normalized spacial score (nSPS) is 10.8. The zero-order valence-electron chi connectivity index (χ0n) is 15.1. The zero-order valence-corrected chi connectivity index (χ0v) is 15.1. The Morgan fingerprint density at radius 2 is 2.00 bits per heavy atom. The minimum absolute atomic E-state index is 0.200. The monoisotopic (exact) mass is 370 g/mol. The van der Waals surface area contributed by atoms with Crippen molar-refractivity contribution in [3.63, 3.8) is 0 Å². The number of amides is 1. The number of hydrogen-bond acceptors (Lipinski definition) is 4. The van der Waals surface area contributed by atoms with Crippen LogP contribution < -0.4 is 16.2 Å². The first-order chi connectivity index (χ1) is 12.8. The number of nitrogens with one attached hydrogen (secondary N) is 2. The number of hydrogen-bond donors (Lipinski definition) is 3. The molecule has 0 aliphatic carbocycles. The summed E-state index contributed by atoms with van der Waals surface area (Å²) in [5.74, 6) is -0.0571. The van der Waals surface area contributed by atoms with Crippen LogP contribution >= 0.6 is 0 Å². The van der Waals surface area contributed by atoms with Crippen molar-refractivity contribution in [2.75, 3.05) is 17.7 Å². The Bertz CT molecular complexity index is 1110. The molecule has 1 aromatic carbocycles. The van der Waals surface area contributed by atoms with Crippen LogP contribution in [0.4, 0.5) is 20.7 Å². The first kappa shape index (κ1) is 18.4. The Morgan fingerprint density at radius 1 is 1.26 bits per heavy atom. The van der Waals surface area contributed by atoms with Gasteiger partial charge >= 0.3 is 6.09 Å². The summed E-state index contributed by atoms with van der Waals surface area (Å²) in [5.41, 5.74) is 1.64. The number of aryl methyl sites for hydroxylation is 2. The van der Waals surface area contributed by atoms with Gasteiger partial charge in [0.2, 0.25) is 0 Å². The average molecular weight is 370 g/mol. The maximum atomic E-state index is 14.1. The lowest BCUT2D eigenvalue weighted by Gasteiger charge is -2.15. The molecule has 140 valence electrons. The second kappa shape index (κ2) is 7.06. The summed E-state index contributed by atoms with van der Waals surface area (Å²) < 4.78 is 15.7. The van der Waals surface area contributed by atoms with Crippen molar-refractivity contribution in [3.05, 3.63) is 52.2 Å². The van der Waals surface area contributed by atoms with E-state index in [0.717, 1.165) is 10.9 Å². The maximum absolute atomic E-state index is 14.1. The third-order valence-corrected chi connectivity index (χ3v) is 4.40. The molecule has 27 heavy (non-hydrogen) atoms. The number of benzene rings is 1. The van der Waals surface area contributed by atoms with E-state index in [1.807, 2.05) is 12.2 Å². The summed E-state index contributed by atoms with van der Waals surface area (Å²) in [4.78, 5) is 28.3. The summed E-state index contributed by atoms with van der Waals surface area (Å²) in [6, 6.07) is 6.04. The number of carboxylic acid groups (broad SMARTS) is 1. The molecule has 3 rings (SSSR count). The highest BCUT2D eigenvalue weighted by Gasteiger charge is 2.16. The molecule has 0 saturated heterocycles. The van der Waals surface area contributed by atoms with E-state index < -0.39 is 11.9 Å². The van der Waals surface area contributed by atoms with Crippen LogP contribution in [0, 0.1) is 12.7 Å². The van der Waals surface area contributed by atoms with Crippen LogP contribution in [-0.4, -0.2) is 27.8 Å². The molecule has 7 nitrogen and oxygen atoms in total. The van der Waals surface area contributed by atoms with Crippen molar-refractivity contribution in [2.45, 2.75) is 20.4 Å². The number of pyridine rings is 2. The maximum Gasteiger partial charge on any atom is 0.409 e. The van der Waals surface area contributed by atoms with Gasteiger partial charge < -0.3 is 15.0 Å². The van der Waals surface area contributed by atoms with Crippen LogP contribution in [0.25, 0.3) is 22.0 Å². The average Bonchev–Trinajstić information content (AvgIpc) is 2.63. The molecule has 3 aromatic rings. The van der Waals surface area contributed by atoms with Crippen LogP contribution in [0.5, 0.6) is 0 Å². The van der Waals surface area contributed by atoms with Gasteiger partial charge in [-0.1, -0.05) is 0 Å². The van der Waals surface area contributed by atoms with E-state index in [4.69, 9.17) is 5.11 Å². The van der Waals surface area contributed by atoms with Gasteiger partial charge in [0, 0.05) is 36.8 Å². The highest BCUT2D eigenvalue weighted by atomic mass is 19.1. The van der Waals surface area contributed by atoms with E-state index in [9.17, 15) is 14.0 Å². The molecule has 0 atom stereocenters. The summed E-state index contributed by atoms with van der Waals surface area (Å²) >= 11 is 0. The largest absolute Gasteiger partial charge is 0.465 e. The number of rotatable bonds is 4. The fourth-order valence-corrected chi connectivity index (χ4v) is 3.09. The molecule has 0 aliphatic rings. The molecule has 2 aromatic heterocycles. The van der Waals surface area contributed by atoms with Crippen molar-refractivity contribution in [2.24, 2.45) is 0 Å². The standard InChI is InChI=1S/C19H19FN4O3/c1-4-24-16-8-17(21-3)22-9-11(16)6-13(18(24)25)12-7-15(23-19(26)27)14(20)5-10(12)2/h5-9,23H,4H2,1-3H3,(H,21,22)(H,26,27). The van der Waals surface area contributed by atoms with Crippen molar-refractivity contribution >= 4 is 28.5 Å². The second-order valence-corrected chi connectivity index (χ2v) is 6.06. The molecule has 8 heteroatoms. The van der Waals surface area contributed by atoms with Crippen LogP contribution in [0.3, 0.4) is 0 Å². The smallest absolute Gasteiger partial charge is 0.409 e. The van der Waals surface area contributed by atoms with Gasteiger partial charge in [0.25, 0.3) is 5.56 Å². The van der Waals surface area contributed by atoms with Gasteiger partial charge in [-0.2, -0.15) is 0 Å². The molecular formula is C19H19FN4O3. The molecule has 2 heterocycles. The molecule has 0 bridgehead atoms. The minimum Gasteiger partial charge on any atom is -0.465 e. The molecule has 1 amide bonds. The minimum atomic E-state index is -1.38. The number of carbonyl (C=O) groups is 1. The predicted octanol–water partition coefficient (Wildman–Crippen LogP) is 3.66. The summed E-state index contributed by atoms with van der Waals surface area (Å²) in [6.07, 6.45) is 0.280. The lowest BCUT2D eigenvalue weighted by atomic mass is 9.99. The summed E-state index contributed by atoms with van der Waals surface area (Å²) in [7, 11) is 1.75. The Morgan fingerprint density at radius 3 is 2.63 bits per heavy atom. The van der Waals surface area contributed by atoms with Gasteiger partial charge in [0.1, 0.15) is 11.6 Å². The Balaban J connectivity index is 2.30. The lowest BCUT2D eigenvalue weighted by Crippen LogP contribution is -2.22. The third-order valence-electron chi connectivity index (χ3n) is 4.40. The quantitative estimate of drug-likeness (QED) is 0.651. The van der Waals surface area contributed by atoms with E-state index in [1.54, 1.807) is 36.9 Å². The Hall–Kier alpha value is -3.42. The third kappa shape index (κ3) is 3.33. The summed E-state index contributed by atoms with van der Waals surface area (Å²) in [6.45, 7) is 3.97. The van der Waals surface area contributed by atoms with E-state index in [-0.39, 0.29) is 11.2 Å². The molecule has 0 unspecified atom stereocenters. The van der Waals surface area contributed by atoms with Crippen molar-refractivity contribution < 1.29 is 14.3 Å². The van der Waals surface area contributed by atoms with E-state index in [1.165, 1.54) is 12.1 Å². The molecule has 0 saturated carbocycles. The van der Waals surface area contributed by atoms with Crippen LogP contribution in [0.2, 0.25) is 0 Å². The first-order valence-corrected chi connectivity index (χ1v) is 8.37. The molecule has 0 aliphatic heterocycles. The van der Waals surface area contributed by atoms with Crippen molar-refractivity contribution in [3.8, 4) is 11.1 Å². The molecule has 0 radical (unpaired) electrons. The number of halogens is 1. The van der Waals surface area contributed by atoms with Crippen LogP contribution in [0.1, 0.15) is 12.5 Å². The molecule has 0 fully saturated rings. The highest BCUT2D eigenvalue weighted by Crippen LogP contribution is 2.29. The highest BCUT2D eigenvalue weighted by molar-refractivity contribution is 5.88. The Kier molecular flexibility index (Phi) is 4.81. The SMILES string of the molecule is CCn1c(=O)c(-c2cc(NC(=O)O)c(F)cc2C)cc2cnc(NC)cc21. The lowest BCUT2D eigenvalue weighted by molar-refractivity contribution is 0.209. The van der Waals surface area contributed by atoms with E-state index in [2.05, 4.69) is 10.3 Å². The van der Waals surface area contributed by atoms with Gasteiger partial charge in [-0.3, -0.25) is 10.1 Å². The first-order valence-electron chi connectivity index (χ1n) is 8.37. The van der Waals surface area contributed by atoms with Crippen LogP contribution in [-0.2, 0) is 6.54 Å². The zero-order chi connectivity index (χ0) is 19.7. The number of anilines is 2. The van der Waals surface area contributed by atoms with Crippen molar-refractivity contribution in [1.29, 1.82) is 0 Å². The summed E-state index contributed by atoms with van der Waals surface area (Å²) in [5, 5.41) is 14.6. The predicted molar refractivity (Wildman–Crippen MR) is 103 cm³/mol. The number of nitrogens with zero attached hydrogens (tertiary/aromatic N) is 2. The van der Waals surface area contributed by atoms with Crippen molar-refractivity contribution in [1.82, 2.24) is 9.55 Å².